The first-order valence-electron chi connectivity index (χ1n) is 8.07. The van der Waals surface area contributed by atoms with Gasteiger partial charge in [-0.05, 0) is 58.0 Å². The van der Waals surface area contributed by atoms with E-state index in [0.29, 0.717) is 0 Å². The molecule has 1 aromatic carbocycles. The topological polar surface area (TPSA) is 95.6 Å². The van der Waals surface area contributed by atoms with Gasteiger partial charge in [0, 0.05) is 17.6 Å². The zero-order valence-corrected chi connectivity index (χ0v) is 15.7. The smallest absolute Gasteiger partial charge is 0.269 e. The molecule has 0 aliphatic carbocycles. The van der Waals surface area contributed by atoms with E-state index in [2.05, 4.69) is 10.6 Å². The van der Waals surface area contributed by atoms with Gasteiger partial charge in [-0.2, -0.15) is 0 Å². The second kappa shape index (κ2) is 7.31. The minimum atomic E-state index is -3.89. The summed E-state index contributed by atoms with van der Waals surface area (Å²) >= 11 is 0. The number of piperidine rings is 1. The van der Waals surface area contributed by atoms with E-state index in [0.717, 1.165) is 30.2 Å². The van der Waals surface area contributed by atoms with Crippen molar-refractivity contribution in [2.45, 2.75) is 43.7 Å². The van der Waals surface area contributed by atoms with Crippen molar-refractivity contribution in [3.63, 3.8) is 0 Å². The summed E-state index contributed by atoms with van der Waals surface area (Å²) in [6.07, 6.45) is 1.68. The average Bonchev–Trinajstić information content (AvgIpc) is 2.74. The lowest BCUT2D eigenvalue weighted by molar-refractivity contribution is 0.0845. The number of benzene rings is 1. The van der Waals surface area contributed by atoms with Crippen LogP contribution in [0.25, 0.3) is 0 Å². The van der Waals surface area contributed by atoms with E-state index in [-0.39, 0.29) is 40.4 Å². The summed E-state index contributed by atoms with van der Waals surface area (Å²) in [5.41, 5.74) is 0.386. The monoisotopic (exact) mass is 387 g/mol. The molecule has 3 rings (SSSR count). The number of rotatable bonds is 3. The average molecular weight is 388 g/mol. The Morgan fingerprint density at radius 3 is 2.52 bits per heavy atom. The number of hydrogen-bond donors (Lipinski definition) is 2. The molecule has 1 saturated heterocycles. The quantitative estimate of drug-likeness (QED) is 0.810. The maximum absolute atomic E-state index is 12.6. The SMILES string of the molecule is CC(C)N1C(=O)c2ccc(C(=O)NC3CCNCC3)cc2S1(=O)=O.Cl. The molecule has 138 valence electrons. The van der Waals surface area contributed by atoms with Gasteiger partial charge in [-0.1, -0.05) is 0 Å². The van der Waals surface area contributed by atoms with Crippen LogP contribution >= 0.6 is 12.4 Å². The van der Waals surface area contributed by atoms with Crippen LogP contribution in [0, 0.1) is 0 Å². The molecule has 0 aromatic heterocycles. The molecule has 2 N–H and O–H groups in total. The van der Waals surface area contributed by atoms with E-state index in [1.165, 1.54) is 18.2 Å². The van der Waals surface area contributed by atoms with Crippen molar-refractivity contribution < 1.29 is 18.0 Å². The van der Waals surface area contributed by atoms with Crippen molar-refractivity contribution in [2.24, 2.45) is 0 Å². The summed E-state index contributed by atoms with van der Waals surface area (Å²) in [5, 5.41) is 6.15. The molecule has 0 unspecified atom stereocenters. The number of halogens is 1. The number of carbonyl (C=O) groups is 2. The van der Waals surface area contributed by atoms with Gasteiger partial charge in [-0.15, -0.1) is 12.4 Å². The Morgan fingerprint density at radius 1 is 1.28 bits per heavy atom. The second-order valence-electron chi connectivity index (χ2n) is 6.41. The Labute approximate surface area is 153 Å². The predicted molar refractivity (Wildman–Crippen MR) is 95.5 cm³/mol. The molecular formula is C16H22ClN3O4S. The van der Waals surface area contributed by atoms with Crippen LogP contribution in [-0.4, -0.2) is 49.7 Å². The van der Waals surface area contributed by atoms with Crippen molar-refractivity contribution in [1.82, 2.24) is 14.9 Å². The van der Waals surface area contributed by atoms with Gasteiger partial charge in [0.25, 0.3) is 21.8 Å². The van der Waals surface area contributed by atoms with E-state index < -0.39 is 22.0 Å². The van der Waals surface area contributed by atoms with Crippen LogP contribution < -0.4 is 10.6 Å². The van der Waals surface area contributed by atoms with Gasteiger partial charge in [0.2, 0.25) is 0 Å². The van der Waals surface area contributed by atoms with Gasteiger partial charge in [0.15, 0.2) is 0 Å². The normalized spacial score (nSPS) is 19.5. The van der Waals surface area contributed by atoms with E-state index in [1.54, 1.807) is 13.8 Å². The van der Waals surface area contributed by atoms with Crippen molar-refractivity contribution in [3.05, 3.63) is 29.3 Å². The molecular weight excluding hydrogens is 366 g/mol. The molecule has 2 aliphatic heterocycles. The Balaban J connectivity index is 0.00000225. The lowest BCUT2D eigenvalue weighted by Gasteiger charge is -2.23. The molecule has 0 spiro atoms. The molecule has 0 radical (unpaired) electrons. The first-order valence-corrected chi connectivity index (χ1v) is 9.51. The third-order valence-electron chi connectivity index (χ3n) is 4.35. The number of hydrogen-bond acceptors (Lipinski definition) is 5. The van der Waals surface area contributed by atoms with Gasteiger partial charge < -0.3 is 10.6 Å². The second-order valence-corrected chi connectivity index (χ2v) is 8.19. The third-order valence-corrected chi connectivity index (χ3v) is 6.35. The number of nitrogens with zero attached hydrogens (tertiary/aromatic N) is 1. The highest BCUT2D eigenvalue weighted by molar-refractivity contribution is 7.90. The van der Waals surface area contributed by atoms with Gasteiger partial charge in [-0.3, -0.25) is 9.59 Å². The van der Waals surface area contributed by atoms with E-state index in [9.17, 15) is 18.0 Å². The fraction of sp³-hybridized carbons (Fsp3) is 0.500. The highest BCUT2D eigenvalue weighted by atomic mass is 35.5. The zero-order valence-electron chi connectivity index (χ0n) is 14.1. The Morgan fingerprint density at radius 2 is 1.92 bits per heavy atom. The van der Waals surface area contributed by atoms with Crippen LogP contribution in [0.15, 0.2) is 23.1 Å². The molecule has 7 nitrogen and oxygen atoms in total. The van der Waals surface area contributed by atoms with Crippen LogP contribution in [0.1, 0.15) is 47.4 Å². The number of fused-ring (bicyclic) bond motifs is 1. The highest BCUT2D eigenvalue weighted by Gasteiger charge is 2.42. The van der Waals surface area contributed by atoms with Crippen LogP contribution in [0.5, 0.6) is 0 Å². The van der Waals surface area contributed by atoms with Crippen LogP contribution in [0.2, 0.25) is 0 Å². The lowest BCUT2D eigenvalue weighted by Crippen LogP contribution is -2.42. The molecule has 1 fully saturated rings. The summed E-state index contributed by atoms with van der Waals surface area (Å²) in [4.78, 5) is 24.6. The minimum Gasteiger partial charge on any atom is -0.349 e. The summed E-state index contributed by atoms with van der Waals surface area (Å²) in [6, 6.07) is 3.85. The fourth-order valence-electron chi connectivity index (χ4n) is 3.13. The maximum atomic E-state index is 12.6. The molecule has 0 atom stereocenters. The predicted octanol–water partition coefficient (Wildman–Crippen LogP) is 1.14. The first kappa shape index (κ1) is 19.7. The Bertz CT molecular complexity index is 789. The van der Waals surface area contributed by atoms with E-state index >= 15 is 0 Å². The summed E-state index contributed by atoms with van der Waals surface area (Å²) in [6.45, 7) is 4.99. The molecule has 0 saturated carbocycles. The van der Waals surface area contributed by atoms with Crippen LogP contribution in [-0.2, 0) is 10.0 Å². The molecule has 2 aliphatic rings. The van der Waals surface area contributed by atoms with Crippen LogP contribution in [0.4, 0.5) is 0 Å². The Kier molecular flexibility index (Phi) is 5.75. The van der Waals surface area contributed by atoms with Gasteiger partial charge in [-0.25, -0.2) is 12.7 Å². The van der Waals surface area contributed by atoms with Gasteiger partial charge in [0.05, 0.1) is 5.56 Å². The van der Waals surface area contributed by atoms with E-state index in [4.69, 9.17) is 0 Å². The van der Waals surface area contributed by atoms with Crippen molar-refractivity contribution in [1.29, 1.82) is 0 Å². The van der Waals surface area contributed by atoms with Crippen molar-refractivity contribution in [3.8, 4) is 0 Å². The number of carbonyl (C=O) groups excluding carboxylic acids is 2. The minimum absolute atomic E-state index is 0. The molecule has 25 heavy (non-hydrogen) atoms. The molecule has 1 aromatic rings. The fourth-order valence-corrected chi connectivity index (χ4v) is 4.93. The largest absolute Gasteiger partial charge is 0.349 e. The standard InChI is InChI=1S/C16H21N3O4S.ClH/c1-10(2)19-16(21)13-4-3-11(9-14(13)24(19,22)23)15(20)18-12-5-7-17-8-6-12;/h3-4,9-10,12,17H,5-8H2,1-2H3,(H,18,20);1H. The van der Waals surface area contributed by atoms with Crippen LogP contribution in [0.3, 0.4) is 0 Å². The zero-order chi connectivity index (χ0) is 17.5. The van der Waals surface area contributed by atoms with Gasteiger partial charge in [0.1, 0.15) is 4.90 Å². The number of sulfonamides is 1. The molecule has 9 heteroatoms. The van der Waals surface area contributed by atoms with Gasteiger partial charge >= 0.3 is 0 Å². The number of amides is 2. The number of nitrogens with one attached hydrogen (secondary N) is 2. The third kappa shape index (κ3) is 3.51. The summed E-state index contributed by atoms with van der Waals surface area (Å²) < 4.78 is 26.0. The maximum Gasteiger partial charge on any atom is 0.269 e. The Hall–Kier alpha value is -1.64. The van der Waals surface area contributed by atoms with E-state index in [1.807, 2.05) is 0 Å². The highest BCUT2D eigenvalue weighted by Crippen LogP contribution is 2.32. The summed E-state index contributed by atoms with van der Waals surface area (Å²) in [7, 11) is -3.89. The first-order chi connectivity index (χ1) is 11.3. The van der Waals surface area contributed by atoms with Crippen molar-refractivity contribution in [2.75, 3.05) is 13.1 Å². The van der Waals surface area contributed by atoms with Crippen molar-refractivity contribution >= 4 is 34.2 Å². The lowest BCUT2D eigenvalue weighted by atomic mass is 10.1. The molecule has 2 heterocycles. The summed E-state index contributed by atoms with van der Waals surface area (Å²) in [5.74, 6) is -0.847. The molecule has 2 amide bonds. The molecule has 0 bridgehead atoms.